The van der Waals surface area contributed by atoms with E-state index in [0.717, 1.165) is 38.5 Å². The van der Waals surface area contributed by atoms with Gasteiger partial charge in [-0.2, -0.15) is 0 Å². The topological polar surface area (TPSA) is 133 Å². The maximum atomic E-state index is 14.1. The fourth-order valence-electron chi connectivity index (χ4n) is 8.14. The minimum absolute atomic E-state index is 0.103. The number of fused-ring (bicyclic) bond motifs is 2. The lowest BCUT2D eigenvalue weighted by Gasteiger charge is -2.21. The molecule has 4 N–H and O–H groups in total. The Hall–Kier alpha value is -4.24. The molecular formula is C46H57BrN2O6. The zero-order valence-corrected chi connectivity index (χ0v) is 34.2. The molecule has 0 saturated carbocycles. The summed E-state index contributed by atoms with van der Waals surface area (Å²) in [6.07, 6.45) is 21.2. The molecule has 294 valence electrons. The van der Waals surface area contributed by atoms with Gasteiger partial charge in [-0.15, -0.1) is 0 Å². The summed E-state index contributed by atoms with van der Waals surface area (Å²) in [5, 5.41) is 31.0. The predicted octanol–water partition coefficient (Wildman–Crippen LogP) is 12.4. The summed E-state index contributed by atoms with van der Waals surface area (Å²) in [5.41, 5.74) is 0.559. The van der Waals surface area contributed by atoms with E-state index >= 15 is 0 Å². The van der Waals surface area contributed by atoms with Gasteiger partial charge in [-0.3, -0.25) is 9.59 Å². The van der Waals surface area contributed by atoms with Crippen molar-refractivity contribution in [2.45, 2.75) is 129 Å². The number of carbonyl (C=O) groups excluding carboxylic acids is 2. The number of amides is 2. The highest BCUT2D eigenvalue weighted by atomic mass is 79.9. The summed E-state index contributed by atoms with van der Waals surface area (Å²) in [7, 11) is 0. The van der Waals surface area contributed by atoms with E-state index in [4.69, 9.17) is 0 Å². The number of hydrogen-bond donors (Lipinski definition) is 4. The van der Waals surface area contributed by atoms with Crippen LogP contribution in [0.1, 0.15) is 171 Å². The van der Waals surface area contributed by atoms with Gasteiger partial charge in [-0.25, -0.2) is 9.59 Å². The molecule has 2 amide bonds. The first-order valence-corrected chi connectivity index (χ1v) is 21.4. The van der Waals surface area contributed by atoms with Crippen molar-refractivity contribution in [1.82, 2.24) is 10.6 Å². The highest BCUT2D eigenvalue weighted by Gasteiger charge is 2.27. The quantitative estimate of drug-likeness (QED) is 0.0279. The highest BCUT2D eigenvalue weighted by Crippen LogP contribution is 2.46. The maximum absolute atomic E-state index is 14.1. The van der Waals surface area contributed by atoms with Crippen LogP contribution in [0.2, 0.25) is 0 Å². The molecule has 0 unspecified atom stereocenters. The Bertz CT molecular complexity index is 2110. The number of rotatable bonds is 24. The minimum atomic E-state index is -1.22. The first kappa shape index (κ1) is 41.9. The van der Waals surface area contributed by atoms with E-state index in [9.17, 15) is 29.4 Å². The van der Waals surface area contributed by atoms with Crippen LogP contribution in [0.5, 0.6) is 0 Å². The Balaban J connectivity index is 1.48. The van der Waals surface area contributed by atoms with Crippen molar-refractivity contribution in [2.75, 3.05) is 13.1 Å². The summed E-state index contributed by atoms with van der Waals surface area (Å²) >= 11 is 3.75. The number of carboxylic acids is 2. The largest absolute Gasteiger partial charge is 0.478 e. The average Bonchev–Trinajstić information content (AvgIpc) is 3.17. The van der Waals surface area contributed by atoms with E-state index in [1.54, 1.807) is 24.3 Å². The van der Waals surface area contributed by atoms with Gasteiger partial charge in [-0.1, -0.05) is 151 Å². The van der Waals surface area contributed by atoms with Crippen molar-refractivity contribution in [3.8, 4) is 0 Å². The maximum Gasteiger partial charge on any atom is 0.336 e. The van der Waals surface area contributed by atoms with Crippen LogP contribution in [0.25, 0.3) is 43.1 Å². The van der Waals surface area contributed by atoms with E-state index in [-0.39, 0.29) is 28.3 Å². The van der Waals surface area contributed by atoms with E-state index in [1.807, 2.05) is 6.07 Å². The minimum Gasteiger partial charge on any atom is -0.478 e. The van der Waals surface area contributed by atoms with Crippen LogP contribution in [-0.4, -0.2) is 47.1 Å². The number of halogens is 1. The van der Waals surface area contributed by atoms with Gasteiger partial charge in [0.25, 0.3) is 11.8 Å². The van der Waals surface area contributed by atoms with Gasteiger partial charge in [0.1, 0.15) is 0 Å². The van der Waals surface area contributed by atoms with Crippen LogP contribution in [0.15, 0.2) is 46.9 Å². The van der Waals surface area contributed by atoms with Crippen molar-refractivity contribution in [1.29, 1.82) is 0 Å². The molecule has 0 heterocycles. The standard InChI is InChI=1S/C46H57BrN2O6/c1-3-5-7-9-11-13-15-17-19-27-48-43(50)33-24-21-31-30-22-25-34(45(52)53)40-35(46(54)55)26-23-32(38(30)40)41-37(47)29-36(39(33)42(31)41)44(51)49-28-20-18-16-14-12-10-8-6-4-2/h21-26,29H,3-20,27-28H2,1-2H3,(H,48,50)(H,49,51)(H,52,53)(H,54,55). The molecule has 55 heavy (non-hydrogen) atoms. The smallest absolute Gasteiger partial charge is 0.336 e. The summed E-state index contributed by atoms with van der Waals surface area (Å²) in [5.74, 6) is -2.97. The Morgan fingerprint density at radius 1 is 0.455 bits per heavy atom. The summed E-state index contributed by atoms with van der Waals surface area (Å²) in [6.45, 7) is 5.50. The van der Waals surface area contributed by atoms with E-state index < -0.39 is 11.9 Å². The van der Waals surface area contributed by atoms with Crippen molar-refractivity contribution < 1.29 is 29.4 Å². The van der Waals surface area contributed by atoms with Crippen LogP contribution >= 0.6 is 15.9 Å². The second-order valence-corrected chi connectivity index (χ2v) is 15.9. The van der Waals surface area contributed by atoms with E-state index in [0.29, 0.717) is 66.4 Å². The second kappa shape index (κ2) is 20.6. The summed E-state index contributed by atoms with van der Waals surface area (Å²) in [6, 6.07) is 11.6. The van der Waals surface area contributed by atoms with Gasteiger partial charge in [-0.05, 0) is 58.7 Å². The fraction of sp³-hybridized carbons (Fsp3) is 0.478. The number of hydrogen-bond acceptors (Lipinski definition) is 4. The van der Waals surface area contributed by atoms with Gasteiger partial charge in [0.05, 0.1) is 11.1 Å². The summed E-state index contributed by atoms with van der Waals surface area (Å²) < 4.78 is 0.595. The first-order chi connectivity index (χ1) is 26.7. The van der Waals surface area contributed by atoms with Gasteiger partial charge in [0.15, 0.2) is 0 Å². The molecule has 0 radical (unpaired) electrons. The number of benzene rings is 5. The molecule has 8 nitrogen and oxygen atoms in total. The molecule has 5 aromatic carbocycles. The number of carboxylic acid groups (broad SMARTS) is 2. The van der Waals surface area contributed by atoms with Crippen LogP contribution < -0.4 is 10.6 Å². The lowest BCUT2D eigenvalue weighted by Crippen LogP contribution is -2.27. The number of aromatic carboxylic acids is 2. The van der Waals surface area contributed by atoms with Gasteiger partial charge in [0, 0.05) is 50.2 Å². The second-order valence-electron chi connectivity index (χ2n) is 15.0. The summed E-state index contributed by atoms with van der Waals surface area (Å²) in [4.78, 5) is 52.9. The molecule has 0 aliphatic heterocycles. The van der Waals surface area contributed by atoms with E-state index in [1.165, 1.54) is 89.2 Å². The van der Waals surface area contributed by atoms with Crippen LogP contribution in [0, 0.1) is 0 Å². The Labute approximate surface area is 333 Å². The number of carbonyl (C=O) groups is 4. The third-order valence-electron chi connectivity index (χ3n) is 11.0. The lowest BCUT2D eigenvalue weighted by molar-refractivity contribution is 0.0695. The zero-order valence-electron chi connectivity index (χ0n) is 32.6. The van der Waals surface area contributed by atoms with Crippen molar-refractivity contribution in [3.05, 3.63) is 69.2 Å². The Kier molecular flexibility index (Phi) is 15.7. The third kappa shape index (κ3) is 9.96. The average molecular weight is 814 g/mol. The molecule has 0 aliphatic rings. The molecule has 5 rings (SSSR count). The van der Waals surface area contributed by atoms with Crippen molar-refractivity contribution in [2.24, 2.45) is 0 Å². The van der Waals surface area contributed by atoms with Crippen molar-refractivity contribution >= 4 is 82.8 Å². The van der Waals surface area contributed by atoms with Gasteiger partial charge in [0.2, 0.25) is 0 Å². The molecule has 0 bridgehead atoms. The Morgan fingerprint density at radius 2 is 0.836 bits per heavy atom. The zero-order chi connectivity index (χ0) is 39.3. The van der Waals surface area contributed by atoms with E-state index in [2.05, 4.69) is 40.4 Å². The molecule has 5 aromatic rings. The fourth-order valence-corrected chi connectivity index (χ4v) is 8.78. The molecule has 0 atom stereocenters. The number of nitrogens with one attached hydrogen (secondary N) is 2. The highest BCUT2D eigenvalue weighted by molar-refractivity contribution is 9.10. The number of unbranched alkanes of at least 4 members (excludes halogenated alkanes) is 16. The molecule has 0 fully saturated rings. The van der Waals surface area contributed by atoms with Gasteiger partial charge < -0.3 is 20.8 Å². The molecule has 0 aliphatic carbocycles. The predicted molar refractivity (Wildman–Crippen MR) is 228 cm³/mol. The monoisotopic (exact) mass is 812 g/mol. The molecule has 0 spiro atoms. The Morgan fingerprint density at radius 3 is 1.31 bits per heavy atom. The normalized spacial score (nSPS) is 11.6. The van der Waals surface area contributed by atoms with Crippen LogP contribution in [0.4, 0.5) is 0 Å². The van der Waals surface area contributed by atoms with Crippen molar-refractivity contribution in [3.63, 3.8) is 0 Å². The lowest BCUT2D eigenvalue weighted by atomic mass is 9.84. The molecule has 9 heteroatoms. The first-order valence-electron chi connectivity index (χ1n) is 20.6. The molecular weight excluding hydrogens is 756 g/mol. The SMILES string of the molecule is CCCCCCCCCCCNC(=O)c1ccc2c3ccc(C(=O)O)c4c(C(=O)O)ccc(c5c(Br)cc(C(=O)NCCCCCCCCCCC)c1c25)c43. The molecule has 0 saturated heterocycles. The van der Waals surface area contributed by atoms with Crippen LogP contribution in [-0.2, 0) is 0 Å². The van der Waals surface area contributed by atoms with Gasteiger partial charge >= 0.3 is 11.9 Å². The molecule has 0 aromatic heterocycles. The van der Waals surface area contributed by atoms with Crippen LogP contribution in [0.3, 0.4) is 0 Å². The third-order valence-corrected chi connectivity index (χ3v) is 11.7.